The lowest BCUT2D eigenvalue weighted by Gasteiger charge is -2.22. The molecule has 1 fully saturated rings. The molecular formula is C19H23FN4O5S. The van der Waals surface area contributed by atoms with Gasteiger partial charge in [-0.25, -0.2) is 12.8 Å². The normalized spacial score (nSPS) is 15.6. The smallest absolute Gasteiger partial charge is 0.251 e. The van der Waals surface area contributed by atoms with Gasteiger partial charge < -0.3 is 14.7 Å². The van der Waals surface area contributed by atoms with Crippen LogP contribution in [0.5, 0.6) is 0 Å². The van der Waals surface area contributed by atoms with E-state index in [2.05, 4.69) is 10.5 Å². The van der Waals surface area contributed by atoms with Gasteiger partial charge in [0.1, 0.15) is 16.4 Å². The fourth-order valence-corrected chi connectivity index (χ4v) is 5.12. The van der Waals surface area contributed by atoms with E-state index in [-0.39, 0.29) is 48.3 Å². The molecule has 0 radical (unpaired) electrons. The van der Waals surface area contributed by atoms with E-state index in [9.17, 15) is 22.4 Å². The van der Waals surface area contributed by atoms with Crippen LogP contribution in [0.1, 0.15) is 28.2 Å². The Hall–Kier alpha value is -2.79. The molecule has 0 atom stereocenters. The van der Waals surface area contributed by atoms with Crippen molar-refractivity contribution in [1.29, 1.82) is 0 Å². The number of nitrogens with zero attached hydrogens (tertiary/aromatic N) is 3. The van der Waals surface area contributed by atoms with E-state index < -0.39 is 21.7 Å². The maximum absolute atomic E-state index is 13.2. The van der Waals surface area contributed by atoms with Crippen LogP contribution in [0.25, 0.3) is 0 Å². The SMILES string of the molecule is Cc1noc(C)c1S(=O)(=O)N1CCCN(C(=O)CNC(=O)c2cccc(F)c2)CC1. The molecule has 162 valence electrons. The quantitative estimate of drug-likeness (QED) is 0.748. The van der Waals surface area contributed by atoms with Gasteiger partial charge in [-0.3, -0.25) is 9.59 Å². The maximum atomic E-state index is 13.2. The molecule has 1 aromatic carbocycles. The average Bonchev–Trinajstić information content (AvgIpc) is 2.91. The Kier molecular flexibility index (Phi) is 6.52. The summed E-state index contributed by atoms with van der Waals surface area (Å²) in [6.07, 6.45) is 0.451. The second kappa shape index (κ2) is 8.92. The van der Waals surface area contributed by atoms with Gasteiger partial charge in [-0.2, -0.15) is 4.31 Å². The molecule has 2 heterocycles. The van der Waals surface area contributed by atoms with Gasteiger partial charge in [-0.05, 0) is 38.5 Å². The van der Waals surface area contributed by atoms with E-state index in [4.69, 9.17) is 4.52 Å². The standard InChI is InChI=1S/C19H23FN4O5S/c1-13-18(14(2)29-22-13)30(27,28)24-8-4-7-23(9-10-24)17(25)12-21-19(26)15-5-3-6-16(20)11-15/h3,5-6,11H,4,7-10,12H2,1-2H3,(H,21,26). The molecule has 0 aliphatic carbocycles. The number of aryl methyl sites for hydroxylation is 2. The van der Waals surface area contributed by atoms with Crippen molar-refractivity contribution in [2.45, 2.75) is 25.2 Å². The van der Waals surface area contributed by atoms with Crippen LogP contribution >= 0.6 is 0 Å². The summed E-state index contributed by atoms with van der Waals surface area (Å²) in [6, 6.07) is 5.17. The first-order valence-electron chi connectivity index (χ1n) is 9.44. The number of halogens is 1. The highest BCUT2D eigenvalue weighted by atomic mass is 32.2. The number of amides is 2. The number of nitrogens with one attached hydrogen (secondary N) is 1. The van der Waals surface area contributed by atoms with Crippen LogP contribution in [0.4, 0.5) is 4.39 Å². The molecule has 1 N–H and O–H groups in total. The topological polar surface area (TPSA) is 113 Å². The first-order valence-corrected chi connectivity index (χ1v) is 10.9. The summed E-state index contributed by atoms with van der Waals surface area (Å²) in [4.78, 5) is 26.1. The molecule has 9 nitrogen and oxygen atoms in total. The van der Waals surface area contributed by atoms with Crippen molar-refractivity contribution in [3.05, 3.63) is 47.1 Å². The molecule has 0 saturated carbocycles. The largest absolute Gasteiger partial charge is 0.360 e. The molecule has 3 rings (SSSR count). The first kappa shape index (κ1) is 21.9. The third-order valence-electron chi connectivity index (χ3n) is 4.86. The van der Waals surface area contributed by atoms with Crippen LogP contribution in [-0.2, 0) is 14.8 Å². The molecule has 0 unspecified atom stereocenters. The third kappa shape index (κ3) is 4.68. The summed E-state index contributed by atoms with van der Waals surface area (Å²) in [6.45, 7) is 3.79. The molecule has 0 spiro atoms. The zero-order chi connectivity index (χ0) is 21.9. The zero-order valence-corrected chi connectivity index (χ0v) is 17.5. The van der Waals surface area contributed by atoms with E-state index in [1.807, 2.05) is 0 Å². The number of benzene rings is 1. The monoisotopic (exact) mass is 438 g/mol. The molecule has 1 saturated heterocycles. The van der Waals surface area contributed by atoms with Gasteiger partial charge in [0.25, 0.3) is 5.91 Å². The Bertz CT molecular complexity index is 1030. The number of sulfonamides is 1. The fourth-order valence-electron chi connectivity index (χ4n) is 3.35. The minimum absolute atomic E-state index is 0.0598. The Morgan fingerprint density at radius 3 is 2.63 bits per heavy atom. The van der Waals surface area contributed by atoms with E-state index in [1.165, 1.54) is 27.4 Å². The second-order valence-corrected chi connectivity index (χ2v) is 8.86. The van der Waals surface area contributed by atoms with Gasteiger partial charge in [0.15, 0.2) is 5.76 Å². The zero-order valence-electron chi connectivity index (χ0n) is 16.7. The fraction of sp³-hybridized carbons (Fsp3) is 0.421. The molecule has 1 aliphatic heterocycles. The van der Waals surface area contributed by atoms with Crippen molar-refractivity contribution in [2.24, 2.45) is 0 Å². The maximum Gasteiger partial charge on any atom is 0.251 e. The minimum atomic E-state index is -3.78. The lowest BCUT2D eigenvalue weighted by atomic mass is 10.2. The molecule has 1 aliphatic rings. The number of rotatable bonds is 5. The van der Waals surface area contributed by atoms with Gasteiger partial charge in [-0.1, -0.05) is 11.2 Å². The lowest BCUT2D eigenvalue weighted by Crippen LogP contribution is -2.42. The van der Waals surface area contributed by atoms with Crippen LogP contribution in [0.2, 0.25) is 0 Å². The van der Waals surface area contributed by atoms with Crippen molar-refractivity contribution < 1.29 is 26.9 Å². The molecule has 2 aromatic rings. The number of carbonyl (C=O) groups excluding carboxylic acids is 2. The van der Waals surface area contributed by atoms with Crippen LogP contribution < -0.4 is 5.32 Å². The first-order chi connectivity index (χ1) is 14.2. The summed E-state index contributed by atoms with van der Waals surface area (Å²) in [5.74, 6) is -1.21. The van der Waals surface area contributed by atoms with E-state index >= 15 is 0 Å². The van der Waals surface area contributed by atoms with Crippen molar-refractivity contribution >= 4 is 21.8 Å². The summed E-state index contributed by atoms with van der Waals surface area (Å²) in [5, 5.41) is 6.18. The van der Waals surface area contributed by atoms with E-state index in [0.29, 0.717) is 18.7 Å². The van der Waals surface area contributed by atoms with Gasteiger partial charge in [0.2, 0.25) is 15.9 Å². The molecule has 1 aromatic heterocycles. The highest BCUT2D eigenvalue weighted by Crippen LogP contribution is 2.24. The second-order valence-electron chi connectivity index (χ2n) is 6.98. The van der Waals surface area contributed by atoms with Crippen LogP contribution in [0.3, 0.4) is 0 Å². The third-order valence-corrected chi connectivity index (χ3v) is 7.00. The van der Waals surface area contributed by atoms with Gasteiger partial charge >= 0.3 is 0 Å². The molecule has 0 bridgehead atoms. The van der Waals surface area contributed by atoms with Crippen molar-refractivity contribution in [3.8, 4) is 0 Å². The highest BCUT2D eigenvalue weighted by molar-refractivity contribution is 7.89. The van der Waals surface area contributed by atoms with E-state index in [1.54, 1.807) is 13.8 Å². The molecule has 2 amide bonds. The van der Waals surface area contributed by atoms with Crippen LogP contribution in [0.15, 0.2) is 33.7 Å². The van der Waals surface area contributed by atoms with Crippen LogP contribution in [0, 0.1) is 19.7 Å². The van der Waals surface area contributed by atoms with Crippen molar-refractivity contribution in [3.63, 3.8) is 0 Å². The Balaban J connectivity index is 1.59. The molecule has 11 heteroatoms. The van der Waals surface area contributed by atoms with E-state index in [0.717, 1.165) is 6.07 Å². The Morgan fingerprint density at radius 1 is 1.20 bits per heavy atom. The average molecular weight is 438 g/mol. The number of hydrogen-bond donors (Lipinski definition) is 1. The van der Waals surface area contributed by atoms with Gasteiger partial charge in [0.05, 0.1) is 6.54 Å². The van der Waals surface area contributed by atoms with Crippen LogP contribution in [-0.4, -0.2) is 67.3 Å². The molecular weight excluding hydrogens is 415 g/mol. The summed E-state index contributed by atoms with van der Waals surface area (Å²) in [5.41, 5.74) is 0.417. The Labute approximate surface area is 173 Å². The number of aromatic nitrogens is 1. The van der Waals surface area contributed by atoms with Gasteiger partial charge in [0, 0.05) is 31.7 Å². The number of carbonyl (C=O) groups is 2. The van der Waals surface area contributed by atoms with Crippen molar-refractivity contribution in [1.82, 2.24) is 19.7 Å². The Morgan fingerprint density at radius 2 is 1.97 bits per heavy atom. The minimum Gasteiger partial charge on any atom is -0.360 e. The molecule has 30 heavy (non-hydrogen) atoms. The summed E-state index contributed by atoms with van der Waals surface area (Å²) in [7, 11) is -3.78. The summed E-state index contributed by atoms with van der Waals surface area (Å²) < 4.78 is 45.4. The van der Waals surface area contributed by atoms with Crippen molar-refractivity contribution in [2.75, 3.05) is 32.7 Å². The highest BCUT2D eigenvalue weighted by Gasteiger charge is 2.32. The number of hydrogen-bond acceptors (Lipinski definition) is 6. The summed E-state index contributed by atoms with van der Waals surface area (Å²) >= 11 is 0. The predicted molar refractivity (Wildman–Crippen MR) is 105 cm³/mol. The lowest BCUT2D eigenvalue weighted by molar-refractivity contribution is -0.129. The van der Waals surface area contributed by atoms with Gasteiger partial charge in [-0.15, -0.1) is 0 Å². The predicted octanol–water partition coefficient (Wildman–Crippen LogP) is 1.08.